The zero-order valence-electron chi connectivity index (χ0n) is 15.4. The first kappa shape index (κ1) is 21.1. The van der Waals surface area contributed by atoms with Crippen LogP contribution in [-0.2, 0) is 4.79 Å². The molecule has 4 amide bonds. The van der Waals surface area contributed by atoms with Gasteiger partial charge in [0, 0.05) is 5.56 Å². The van der Waals surface area contributed by atoms with E-state index in [0.29, 0.717) is 24.0 Å². The minimum Gasteiger partial charge on any atom is -0.493 e. The van der Waals surface area contributed by atoms with E-state index >= 15 is 0 Å². The Hall–Kier alpha value is -2.97. The monoisotopic (exact) mass is 366 g/mol. The molecule has 1 atom stereocenters. The van der Waals surface area contributed by atoms with Gasteiger partial charge in [-0.05, 0) is 37.5 Å². The van der Waals surface area contributed by atoms with E-state index in [9.17, 15) is 14.4 Å². The van der Waals surface area contributed by atoms with Crippen LogP contribution in [0.1, 0.15) is 37.6 Å². The number of urea groups is 1. The zero-order chi connectivity index (χ0) is 19.7. The number of methoxy groups -OCH3 is 1. The molecule has 0 heterocycles. The number of primary amides is 1. The molecule has 0 aliphatic rings. The lowest BCUT2D eigenvalue weighted by Crippen LogP contribution is -2.52. The molecule has 0 unspecified atom stereocenters. The van der Waals surface area contributed by atoms with Gasteiger partial charge in [-0.1, -0.05) is 13.8 Å². The third-order valence-electron chi connectivity index (χ3n) is 3.43. The standard InChI is InChI=1S/C17H26N4O5/c1-10(2)7-8-26-13-6-5-12(9-14(13)25-4)16(23)21-20-15(22)11(3)19-17(18)24/h5-6,9-11H,7-8H2,1-4H3,(H,20,22)(H,21,23)(H3,18,19,24)/t11-/m1/s1. The third-order valence-corrected chi connectivity index (χ3v) is 3.43. The second-order valence-electron chi connectivity index (χ2n) is 6.07. The lowest BCUT2D eigenvalue weighted by Gasteiger charge is -2.15. The fourth-order valence-corrected chi connectivity index (χ4v) is 1.91. The Bertz CT molecular complexity index is 648. The van der Waals surface area contributed by atoms with Crippen molar-refractivity contribution < 1.29 is 23.9 Å². The van der Waals surface area contributed by atoms with Crippen molar-refractivity contribution in [1.82, 2.24) is 16.2 Å². The molecule has 0 bridgehead atoms. The Kier molecular flexibility index (Phi) is 8.20. The van der Waals surface area contributed by atoms with Crippen molar-refractivity contribution in [2.75, 3.05) is 13.7 Å². The molecule has 9 nitrogen and oxygen atoms in total. The normalized spacial score (nSPS) is 11.4. The first-order valence-corrected chi connectivity index (χ1v) is 8.21. The molecule has 0 spiro atoms. The van der Waals surface area contributed by atoms with E-state index < -0.39 is 23.9 Å². The van der Waals surface area contributed by atoms with E-state index in [1.54, 1.807) is 12.1 Å². The van der Waals surface area contributed by atoms with Gasteiger partial charge in [-0.15, -0.1) is 0 Å². The van der Waals surface area contributed by atoms with Crippen LogP contribution >= 0.6 is 0 Å². The molecule has 0 saturated carbocycles. The van der Waals surface area contributed by atoms with Gasteiger partial charge >= 0.3 is 6.03 Å². The van der Waals surface area contributed by atoms with Gasteiger partial charge in [0.15, 0.2) is 11.5 Å². The van der Waals surface area contributed by atoms with Crippen molar-refractivity contribution in [3.05, 3.63) is 23.8 Å². The van der Waals surface area contributed by atoms with Gasteiger partial charge < -0.3 is 20.5 Å². The Labute approximate surface area is 152 Å². The van der Waals surface area contributed by atoms with Gasteiger partial charge in [-0.25, -0.2) is 4.79 Å². The number of rotatable bonds is 8. The quantitative estimate of drug-likeness (QED) is 0.508. The fourth-order valence-electron chi connectivity index (χ4n) is 1.91. The van der Waals surface area contributed by atoms with Crippen LogP contribution in [0, 0.1) is 5.92 Å². The molecule has 5 N–H and O–H groups in total. The molecule has 0 saturated heterocycles. The minimum atomic E-state index is -0.890. The van der Waals surface area contributed by atoms with E-state index in [0.717, 1.165) is 6.42 Å². The van der Waals surface area contributed by atoms with Crippen LogP contribution in [0.4, 0.5) is 4.79 Å². The number of amides is 4. The van der Waals surface area contributed by atoms with Gasteiger partial charge in [-0.2, -0.15) is 0 Å². The second-order valence-corrected chi connectivity index (χ2v) is 6.07. The molecular weight excluding hydrogens is 340 g/mol. The second kappa shape index (κ2) is 10.1. The summed E-state index contributed by atoms with van der Waals surface area (Å²) in [7, 11) is 1.48. The Morgan fingerprint density at radius 2 is 1.81 bits per heavy atom. The fraction of sp³-hybridized carbons (Fsp3) is 0.471. The van der Waals surface area contributed by atoms with Crippen molar-refractivity contribution in [3.8, 4) is 11.5 Å². The van der Waals surface area contributed by atoms with Crippen LogP contribution in [0.5, 0.6) is 11.5 Å². The first-order chi connectivity index (χ1) is 12.2. The highest BCUT2D eigenvalue weighted by Gasteiger charge is 2.16. The predicted molar refractivity (Wildman–Crippen MR) is 95.7 cm³/mol. The van der Waals surface area contributed by atoms with Crippen LogP contribution in [0.3, 0.4) is 0 Å². The average molecular weight is 366 g/mol. The first-order valence-electron chi connectivity index (χ1n) is 8.21. The summed E-state index contributed by atoms with van der Waals surface area (Å²) in [6, 6.07) is 2.97. The van der Waals surface area contributed by atoms with Gasteiger partial charge in [0.25, 0.3) is 11.8 Å². The van der Waals surface area contributed by atoms with Gasteiger partial charge in [-0.3, -0.25) is 20.4 Å². The maximum Gasteiger partial charge on any atom is 0.312 e. The van der Waals surface area contributed by atoms with Crippen LogP contribution < -0.4 is 31.4 Å². The van der Waals surface area contributed by atoms with E-state index in [1.807, 2.05) is 0 Å². The van der Waals surface area contributed by atoms with Crippen LogP contribution in [0.2, 0.25) is 0 Å². The topological polar surface area (TPSA) is 132 Å². The largest absolute Gasteiger partial charge is 0.493 e. The van der Waals surface area contributed by atoms with Crippen molar-refractivity contribution in [1.29, 1.82) is 0 Å². The number of nitrogens with one attached hydrogen (secondary N) is 3. The summed E-state index contributed by atoms with van der Waals surface area (Å²) in [5.74, 6) is 0.306. The Morgan fingerprint density at radius 3 is 2.38 bits per heavy atom. The van der Waals surface area contributed by atoms with E-state index in [4.69, 9.17) is 15.2 Å². The smallest absolute Gasteiger partial charge is 0.312 e. The summed E-state index contributed by atoms with van der Waals surface area (Å²) in [4.78, 5) is 34.6. The molecule has 9 heteroatoms. The van der Waals surface area contributed by atoms with Gasteiger partial charge in [0.2, 0.25) is 0 Å². The molecule has 0 fully saturated rings. The van der Waals surface area contributed by atoms with Crippen LogP contribution in [0.25, 0.3) is 0 Å². The van der Waals surface area contributed by atoms with E-state index in [2.05, 4.69) is 30.0 Å². The molecule has 1 rings (SSSR count). The number of hydrogen-bond acceptors (Lipinski definition) is 5. The molecule has 0 aromatic heterocycles. The van der Waals surface area contributed by atoms with Gasteiger partial charge in [0.1, 0.15) is 6.04 Å². The highest BCUT2D eigenvalue weighted by molar-refractivity contribution is 5.96. The highest BCUT2D eigenvalue weighted by Crippen LogP contribution is 2.28. The molecule has 26 heavy (non-hydrogen) atoms. The summed E-state index contributed by atoms with van der Waals surface area (Å²) in [6.45, 7) is 6.17. The van der Waals surface area contributed by atoms with Crippen molar-refractivity contribution in [2.45, 2.75) is 33.2 Å². The number of hydrazine groups is 1. The van der Waals surface area contributed by atoms with Crippen molar-refractivity contribution in [3.63, 3.8) is 0 Å². The van der Waals surface area contributed by atoms with E-state index in [-0.39, 0.29) is 5.56 Å². The number of nitrogens with two attached hydrogens (primary N) is 1. The lowest BCUT2D eigenvalue weighted by molar-refractivity contribution is -0.123. The number of hydrogen-bond donors (Lipinski definition) is 4. The summed E-state index contributed by atoms with van der Waals surface area (Å²) in [5, 5.41) is 2.20. The molecule has 0 radical (unpaired) electrons. The summed E-state index contributed by atoms with van der Waals surface area (Å²) in [5.41, 5.74) is 9.66. The lowest BCUT2D eigenvalue weighted by atomic mass is 10.1. The van der Waals surface area contributed by atoms with Crippen molar-refractivity contribution >= 4 is 17.8 Å². The molecule has 1 aromatic carbocycles. The number of benzene rings is 1. The molecule has 1 aromatic rings. The van der Waals surface area contributed by atoms with Gasteiger partial charge in [0.05, 0.1) is 13.7 Å². The molecular formula is C17H26N4O5. The van der Waals surface area contributed by atoms with E-state index in [1.165, 1.54) is 20.1 Å². The molecule has 0 aliphatic carbocycles. The minimum absolute atomic E-state index is 0.272. The number of carbonyl (C=O) groups is 3. The maximum absolute atomic E-state index is 12.1. The summed E-state index contributed by atoms with van der Waals surface area (Å²) >= 11 is 0. The Balaban J connectivity index is 2.66. The molecule has 0 aliphatic heterocycles. The summed E-state index contributed by atoms with van der Waals surface area (Å²) < 4.78 is 10.9. The Morgan fingerprint density at radius 1 is 1.12 bits per heavy atom. The van der Waals surface area contributed by atoms with Crippen molar-refractivity contribution in [2.24, 2.45) is 11.7 Å². The number of carbonyl (C=O) groups excluding carboxylic acids is 3. The summed E-state index contributed by atoms with van der Waals surface area (Å²) in [6.07, 6.45) is 0.898. The highest BCUT2D eigenvalue weighted by atomic mass is 16.5. The van der Waals surface area contributed by atoms with Crippen LogP contribution in [0.15, 0.2) is 18.2 Å². The zero-order valence-corrected chi connectivity index (χ0v) is 15.4. The third kappa shape index (κ3) is 6.88. The van der Waals surface area contributed by atoms with Crippen LogP contribution in [-0.4, -0.2) is 37.6 Å². The average Bonchev–Trinajstić information content (AvgIpc) is 2.58. The number of ether oxygens (including phenoxy) is 2. The maximum atomic E-state index is 12.1. The molecule has 144 valence electrons. The SMILES string of the molecule is COc1cc(C(=O)NNC(=O)[C@@H](C)NC(N)=O)ccc1OCCC(C)C. The predicted octanol–water partition coefficient (Wildman–Crippen LogP) is 0.938.